The number of thiophene rings is 1. The van der Waals surface area contributed by atoms with Crippen LogP contribution >= 0.6 is 11.3 Å². The highest BCUT2D eigenvalue weighted by atomic mass is 32.1. The molecule has 3 rings (SSSR count). The third-order valence-electron chi connectivity index (χ3n) is 3.88. The Bertz CT molecular complexity index is 670. The number of benzene rings is 1. The summed E-state index contributed by atoms with van der Waals surface area (Å²) in [6, 6.07) is 9.66. The Morgan fingerprint density at radius 1 is 1.14 bits per heavy atom. The summed E-state index contributed by atoms with van der Waals surface area (Å²) in [5, 5.41) is 12.0. The number of rotatable bonds is 4. The monoisotopic (exact) mass is 315 g/mol. The second-order valence-electron chi connectivity index (χ2n) is 5.42. The lowest BCUT2D eigenvalue weighted by Gasteiger charge is -2.14. The van der Waals surface area contributed by atoms with Crippen molar-refractivity contribution in [3.05, 3.63) is 57.3 Å². The molecule has 2 N–H and O–H groups in total. The van der Waals surface area contributed by atoms with Crippen molar-refractivity contribution in [3.63, 3.8) is 0 Å². The van der Waals surface area contributed by atoms with Crippen molar-refractivity contribution in [2.75, 3.05) is 0 Å². The van der Waals surface area contributed by atoms with E-state index in [-0.39, 0.29) is 5.91 Å². The zero-order chi connectivity index (χ0) is 15.5. The number of amides is 1. The average molecular weight is 315 g/mol. The summed E-state index contributed by atoms with van der Waals surface area (Å²) in [5.41, 5.74) is 1.82. The summed E-state index contributed by atoms with van der Waals surface area (Å²) >= 11 is 1.49. The van der Waals surface area contributed by atoms with Crippen molar-refractivity contribution in [2.24, 2.45) is 0 Å². The highest BCUT2D eigenvalue weighted by Crippen LogP contribution is 2.30. The Morgan fingerprint density at radius 2 is 1.86 bits per heavy atom. The molecule has 1 aromatic carbocycles. The van der Waals surface area contributed by atoms with E-state index in [0.29, 0.717) is 10.4 Å². The minimum absolute atomic E-state index is 0.310. The predicted molar refractivity (Wildman–Crippen MR) is 85.2 cm³/mol. The van der Waals surface area contributed by atoms with E-state index in [4.69, 9.17) is 0 Å². The van der Waals surface area contributed by atoms with Crippen LogP contribution in [0.4, 0.5) is 0 Å². The van der Waals surface area contributed by atoms with E-state index in [9.17, 15) is 14.7 Å². The van der Waals surface area contributed by atoms with Crippen molar-refractivity contribution in [2.45, 2.75) is 31.7 Å². The van der Waals surface area contributed by atoms with Crippen LogP contribution < -0.4 is 5.32 Å². The molecular formula is C17H17NO3S. The van der Waals surface area contributed by atoms with Crippen molar-refractivity contribution in [1.29, 1.82) is 0 Å². The number of aryl methyl sites for hydroxylation is 2. The quantitative estimate of drug-likeness (QED) is 0.910. The van der Waals surface area contributed by atoms with E-state index in [1.165, 1.54) is 21.8 Å². The van der Waals surface area contributed by atoms with Crippen LogP contribution in [-0.2, 0) is 17.6 Å². The number of aliphatic carboxylic acids is 1. The lowest BCUT2D eigenvalue weighted by Crippen LogP contribution is -2.33. The number of fused-ring (bicyclic) bond motifs is 1. The van der Waals surface area contributed by atoms with Crippen LogP contribution in [0, 0.1) is 0 Å². The average Bonchev–Trinajstić information content (AvgIpc) is 2.97. The first kappa shape index (κ1) is 14.8. The number of hydrogen-bond acceptors (Lipinski definition) is 3. The topological polar surface area (TPSA) is 66.4 Å². The van der Waals surface area contributed by atoms with Gasteiger partial charge in [-0.05, 0) is 42.9 Å². The molecule has 0 radical (unpaired) electrons. The normalized spacial score (nSPS) is 14.9. The standard InChI is InChI=1S/C17H17NO3S/c19-16(14-10-12-8-4-5-9-13(12)22-14)18-15(17(20)21)11-6-2-1-3-7-11/h1-3,6-7,10,15H,4-5,8-9H2,(H,18,19)(H,20,21). The fraction of sp³-hybridized carbons (Fsp3) is 0.294. The van der Waals surface area contributed by atoms with Gasteiger partial charge in [-0.25, -0.2) is 4.79 Å². The van der Waals surface area contributed by atoms with Crippen LogP contribution in [0.15, 0.2) is 36.4 Å². The first-order valence-corrected chi connectivity index (χ1v) is 8.17. The molecule has 114 valence electrons. The fourth-order valence-corrected chi connectivity index (χ4v) is 3.89. The number of carboxylic acids is 1. The van der Waals surface area contributed by atoms with E-state index < -0.39 is 12.0 Å². The molecule has 1 heterocycles. The maximum Gasteiger partial charge on any atom is 0.330 e. The van der Waals surface area contributed by atoms with Gasteiger partial charge in [0.15, 0.2) is 6.04 Å². The van der Waals surface area contributed by atoms with Gasteiger partial charge in [0, 0.05) is 4.88 Å². The lowest BCUT2D eigenvalue weighted by molar-refractivity contribution is -0.139. The lowest BCUT2D eigenvalue weighted by atomic mass is 9.99. The molecule has 0 saturated carbocycles. The van der Waals surface area contributed by atoms with Gasteiger partial charge in [-0.1, -0.05) is 30.3 Å². The maximum absolute atomic E-state index is 12.4. The molecule has 0 fully saturated rings. The van der Waals surface area contributed by atoms with Crippen LogP contribution in [0.1, 0.15) is 44.6 Å². The molecule has 1 atom stereocenters. The molecule has 0 bridgehead atoms. The van der Waals surface area contributed by atoms with Gasteiger partial charge in [0.05, 0.1) is 4.88 Å². The van der Waals surface area contributed by atoms with E-state index >= 15 is 0 Å². The fourth-order valence-electron chi connectivity index (χ4n) is 2.74. The SMILES string of the molecule is O=C(NC(C(=O)O)c1ccccc1)c1cc2c(s1)CCCC2. The summed E-state index contributed by atoms with van der Waals surface area (Å²) in [7, 11) is 0. The number of carboxylic acid groups (broad SMARTS) is 1. The highest BCUT2D eigenvalue weighted by Gasteiger charge is 2.24. The Morgan fingerprint density at radius 3 is 2.55 bits per heavy atom. The van der Waals surface area contributed by atoms with Crippen molar-refractivity contribution >= 4 is 23.2 Å². The molecule has 1 aliphatic carbocycles. The molecule has 0 spiro atoms. The molecule has 1 amide bonds. The van der Waals surface area contributed by atoms with Crippen LogP contribution in [-0.4, -0.2) is 17.0 Å². The highest BCUT2D eigenvalue weighted by molar-refractivity contribution is 7.14. The van der Waals surface area contributed by atoms with Crippen molar-refractivity contribution in [3.8, 4) is 0 Å². The summed E-state index contributed by atoms with van der Waals surface area (Å²) in [4.78, 5) is 25.7. The molecule has 5 heteroatoms. The molecule has 22 heavy (non-hydrogen) atoms. The Kier molecular flexibility index (Phi) is 4.24. The van der Waals surface area contributed by atoms with Gasteiger partial charge in [0.2, 0.25) is 0 Å². The third-order valence-corrected chi connectivity index (χ3v) is 5.11. The van der Waals surface area contributed by atoms with Crippen LogP contribution in [0.3, 0.4) is 0 Å². The summed E-state index contributed by atoms with van der Waals surface area (Å²) in [6.07, 6.45) is 4.36. The second kappa shape index (κ2) is 6.32. The minimum atomic E-state index is -1.05. The zero-order valence-corrected chi connectivity index (χ0v) is 12.9. The number of nitrogens with one attached hydrogen (secondary N) is 1. The van der Waals surface area contributed by atoms with E-state index in [2.05, 4.69) is 5.32 Å². The molecule has 1 unspecified atom stereocenters. The van der Waals surface area contributed by atoms with Crippen molar-refractivity contribution < 1.29 is 14.7 Å². The van der Waals surface area contributed by atoms with Gasteiger partial charge in [0.1, 0.15) is 0 Å². The number of carbonyl (C=O) groups is 2. The van der Waals surface area contributed by atoms with Gasteiger partial charge in [-0.2, -0.15) is 0 Å². The summed E-state index contributed by atoms with van der Waals surface area (Å²) in [6.45, 7) is 0. The number of carbonyl (C=O) groups excluding carboxylic acids is 1. The summed E-state index contributed by atoms with van der Waals surface area (Å²) < 4.78 is 0. The molecule has 1 aliphatic rings. The van der Waals surface area contributed by atoms with Gasteiger partial charge in [-0.3, -0.25) is 4.79 Å². The molecule has 2 aromatic rings. The number of hydrogen-bond donors (Lipinski definition) is 2. The van der Waals surface area contributed by atoms with E-state index in [0.717, 1.165) is 25.7 Å². The van der Waals surface area contributed by atoms with Crippen LogP contribution in [0.5, 0.6) is 0 Å². The first-order chi connectivity index (χ1) is 10.6. The molecule has 0 saturated heterocycles. The summed E-state index contributed by atoms with van der Waals surface area (Å²) in [5.74, 6) is -1.36. The van der Waals surface area contributed by atoms with Gasteiger partial charge in [-0.15, -0.1) is 11.3 Å². The van der Waals surface area contributed by atoms with Gasteiger partial charge < -0.3 is 10.4 Å². The second-order valence-corrected chi connectivity index (χ2v) is 6.56. The largest absolute Gasteiger partial charge is 0.479 e. The van der Waals surface area contributed by atoms with E-state index in [1.807, 2.05) is 12.1 Å². The zero-order valence-electron chi connectivity index (χ0n) is 12.0. The van der Waals surface area contributed by atoms with Crippen molar-refractivity contribution in [1.82, 2.24) is 5.32 Å². The minimum Gasteiger partial charge on any atom is -0.479 e. The molecule has 1 aromatic heterocycles. The Labute approximate surface area is 132 Å². The Balaban J connectivity index is 1.79. The maximum atomic E-state index is 12.4. The molecular weight excluding hydrogens is 298 g/mol. The van der Waals surface area contributed by atoms with Crippen LogP contribution in [0.2, 0.25) is 0 Å². The smallest absolute Gasteiger partial charge is 0.330 e. The molecule has 0 aliphatic heterocycles. The van der Waals surface area contributed by atoms with Crippen LogP contribution in [0.25, 0.3) is 0 Å². The van der Waals surface area contributed by atoms with Gasteiger partial charge in [0.25, 0.3) is 5.91 Å². The first-order valence-electron chi connectivity index (χ1n) is 7.35. The Hall–Kier alpha value is -2.14. The third kappa shape index (κ3) is 3.04. The molecule has 4 nitrogen and oxygen atoms in total. The predicted octanol–water partition coefficient (Wildman–Crippen LogP) is 3.18. The van der Waals surface area contributed by atoms with E-state index in [1.54, 1.807) is 24.3 Å². The van der Waals surface area contributed by atoms with Gasteiger partial charge >= 0.3 is 5.97 Å².